The second-order valence-corrected chi connectivity index (χ2v) is 8.34. The van der Waals surface area contributed by atoms with Crippen molar-refractivity contribution in [1.82, 2.24) is 10.2 Å². The second kappa shape index (κ2) is 13.4. The van der Waals surface area contributed by atoms with Gasteiger partial charge in [-0.3, -0.25) is 0 Å². The molecule has 0 bridgehead atoms. The topological polar surface area (TPSA) is 82.0 Å². The monoisotopic (exact) mass is 418 g/mol. The fourth-order valence-corrected chi connectivity index (χ4v) is 4.14. The van der Waals surface area contributed by atoms with Crippen LogP contribution in [0.3, 0.4) is 0 Å². The summed E-state index contributed by atoms with van der Waals surface area (Å²) in [7, 11) is 0. The molecule has 0 spiro atoms. The molecule has 168 valence electrons. The second-order valence-electron chi connectivity index (χ2n) is 8.34. The number of rotatable bonds is 5. The van der Waals surface area contributed by atoms with Crippen molar-refractivity contribution in [2.75, 3.05) is 26.3 Å². The summed E-state index contributed by atoms with van der Waals surface area (Å²) in [6.45, 7) is 6.74. The molecule has 1 aromatic carbocycles. The normalized spacial score (nSPS) is 25.4. The van der Waals surface area contributed by atoms with E-state index < -0.39 is 0 Å². The van der Waals surface area contributed by atoms with Crippen LogP contribution in [0, 0.1) is 5.92 Å². The zero-order valence-corrected chi connectivity index (χ0v) is 18.4. The molecular formula is C24H38N2O4. The number of carbonyl (C=O) groups excluding carboxylic acids is 1. The highest BCUT2D eigenvalue weighted by Crippen LogP contribution is 2.23. The highest BCUT2D eigenvalue weighted by atomic mass is 16.6. The quantitative estimate of drug-likeness (QED) is 0.638. The van der Waals surface area contributed by atoms with Crippen molar-refractivity contribution in [3.8, 4) is 0 Å². The average Bonchev–Trinajstić information content (AvgIpc) is 2.74. The van der Waals surface area contributed by atoms with Crippen LogP contribution in [0.2, 0.25) is 0 Å². The molecule has 3 unspecified atom stereocenters. The zero-order chi connectivity index (χ0) is 21.8. The molecule has 0 saturated carbocycles. The first-order valence-electron chi connectivity index (χ1n) is 11.1. The Hall–Kier alpha value is -1.89. The van der Waals surface area contributed by atoms with Crippen molar-refractivity contribution >= 4 is 6.09 Å². The summed E-state index contributed by atoms with van der Waals surface area (Å²) in [5.41, 5.74) is 2.21. The standard InChI is InChI=1S/C16H21NO3.C8H17NO/c1-13-11-14(8-10-18)7-9-17(13)16(19)20-12-15-5-3-2-4-6-15;1-7-6-8(3-5-10)2-4-9-7/h2-6,8,13,18H,7,9-12H2,1H3;7-10H,2-6H2,1H3/b14-8-;. The highest BCUT2D eigenvalue weighted by Gasteiger charge is 2.26. The van der Waals surface area contributed by atoms with Crippen LogP contribution in [-0.4, -0.2) is 59.6 Å². The molecule has 2 heterocycles. The Kier molecular flexibility index (Phi) is 10.9. The van der Waals surface area contributed by atoms with Crippen LogP contribution in [0.1, 0.15) is 51.5 Å². The number of aliphatic hydroxyl groups excluding tert-OH is 2. The predicted octanol–water partition coefficient (Wildman–Crippen LogP) is 3.48. The van der Waals surface area contributed by atoms with Gasteiger partial charge in [0.1, 0.15) is 6.61 Å². The fraction of sp³-hybridized carbons (Fsp3) is 0.625. The maximum Gasteiger partial charge on any atom is 0.410 e. The molecular weight excluding hydrogens is 380 g/mol. The number of piperidine rings is 2. The van der Waals surface area contributed by atoms with Crippen molar-refractivity contribution < 1.29 is 19.7 Å². The number of ether oxygens (including phenoxy) is 1. The molecule has 3 rings (SSSR count). The largest absolute Gasteiger partial charge is 0.445 e. The Balaban J connectivity index is 0.000000269. The van der Waals surface area contributed by atoms with E-state index in [9.17, 15) is 4.79 Å². The summed E-state index contributed by atoms with van der Waals surface area (Å²) in [4.78, 5) is 13.8. The van der Waals surface area contributed by atoms with Crippen molar-refractivity contribution in [2.45, 2.75) is 64.6 Å². The van der Waals surface area contributed by atoms with Crippen molar-refractivity contribution in [3.63, 3.8) is 0 Å². The van der Waals surface area contributed by atoms with Crippen LogP contribution in [-0.2, 0) is 11.3 Å². The van der Waals surface area contributed by atoms with E-state index in [2.05, 4.69) is 12.2 Å². The summed E-state index contributed by atoms with van der Waals surface area (Å²) in [6.07, 6.45) is 6.66. The summed E-state index contributed by atoms with van der Waals surface area (Å²) in [5.74, 6) is 0.765. The third kappa shape index (κ3) is 8.46. The Morgan fingerprint density at radius 3 is 2.67 bits per heavy atom. The molecule has 2 aliphatic rings. The number of hydrogen-bond donors (Lipinski definition) is 3. The lowest BCUT2D eigenvalue weighted by Crippen LogP contribution is -2.43. The zero-order valence-electron chi connectivity index (χ0n) is 18.4. The molecule has 2 fully saturated rings. The molecule has 1 aromatic rings. The lowest BCUT2D eigenvalue weighted by molar-refractivity contribution is 0.0783. The molecule has 0 aromatic heterocycles. The van der Waals surface area contributed by atoms with Crippen LogP contribution in [0.15, 0.2) is 42.0 Å². The molecule has 6 heteroatoms. The lowest BCUT2D eigenvalue weighted by atomic mass is 9.91. The van der Waals surface area contributed by atoms with Crippen LogP contribution in [0.25, 0.3) is 0 Å². The van der Waals surface area contributed by atoms with Gasteiger partial charge in [-0.1, -0.05) is 42.0 Å². The van der Waals surface area contributed by atoms with E-state index in [0.29, 0.717) is 25.8 Å². The minimum atomic E-state index is -0.260. The van der Waals surface area contributed by atoms with Gasteiger partial charge in [-0.2, -0.15) is 0 Å². The van der Waals surface area contributed by atoms with E-state index in [-0.39, 0.29) is 18.7 Å². The molecule has 3 atom stereocenters. The number of aliphatic hydroxyl groups is 2. The van der Waals surface area contributed by atoms with E-state index in [1.165, 1.54) is 18.4 Å². The molecule has 30 heavy (non-hydrogen) atoms. The minimum absolute atomic E-state index is 0.0699. The van der Waals surface area contributed by atoms with Crippen LogP contribution in [0.5, 0.6) is 0 Å². The number of amides is 1. The smallest absolute Gasteiger partial charge is 0.410 e. The van der Waals surface area contributed by atoms with Gasteiger partial charge in [0.2, 0.25) is 0 Å². The first kappa shape index (κ1) is 24.4. The number of hydrogen-bond acceptors (Lipinski definition) is 5. The predicted molar refractivity (Wildman–Crippen MR) is 119 cm³/mol. The van der Waals surface area contributed by atoms with E-state index in [4.69, 9.17) is 14.9 Å². The van der Waals surface area contributed by atoms with Gasteiger partial charge in [-0.25, -0.2) is 4.79 Å². The summed E-state index contributed by atoms with van der Waals surface area (Å²) < 4.78 is 5.35. The Labute approximate surface area is 180 Å². The van der Waals surface area contributed by atoms with Crippen LogP contribution >= 0.6 is 0 Å². The van der Waals surface area contributed by atoms with E-state index in [0.717, 1.165) is 37.3 Å². The fourth-order valence-electron chi connectivity index (χ4n) is 4.14. The molecule has 6 nitrogen and oxygen atoms in total. The number of benzene rings is 1. The SMILES string of the molecule is CC1C/C(=C\CO)CCN1C(=O)OCc1ccccc1.CC1CC(CCO)CCN1. The van der Waals surface area contributed by atoms with Gasteiger partial charge in [0, 0.05) is 25.2 Å². The van der Waals surface area contributed by atoms with Gasteiger partial charge in [0.15, 0.2) is 0 Å². The van der Waals surface area contributed by atoms with Crippen molar-refractivity contribution in [1.29, 1.82) is 0 Å². The first-order chi connectivity index (χ1) is 14.5. The minimum Gasteiger partial charge on any atom is -0.445 e. The highest BCUT2D eigenvalue weighted by molar-refractivity contribution is 5.68. The summed E-state index contributed by atoms with van der Waals surface area (Å²) >= 11 is 0. The number of nitrogens with one attached hydrogen (secondary N) is 1. The van der Waals surface area contributed by atoms with Crippen molar-refractivity contribution in [3.05, 3.63) is 47.5 Å². The Morgan fingerprint density at radius 1 is 1.27 bits per heavy atom. The molecule has 2 aliphatic heterocycles. The Morgan fingerprint density at radius 2 is 2.03 bits per heavy atom. The van der Waals surface area contributed by atoms with Crippen LogP contribution < -0.4 is 5.32 Å². The summed E-state index contributed by atoms with van der Waals surface area (Å²) in [6, 6.07) is 10.4. The Bertz CT molecular complexity index is 648. The van der Waals surface area contributed by atoms with E-state index >= 15 is 0 Å². The van der Waals surface area contributed by atoms with Gasteiger partial charge < -0.3 is 25.2 Å². The molecule has 3 N–H and O–H groups in total. The number of nitrogens with zero attached hydrogens (tertiary/aromatic N) is 1. The van der Waals surface area contributed by atoms with Gasteiger partial charge in [0.05, 0.1) is 6.61 Å². The van der Waals surface area contributed by atoms with E-state index in [1.54, 1.807) is 4.90 Å². The van der Waals surface area contributed by atoms with E-state index in [1.807, 2.05) is 43.3 Å². The van der Waals surface area contributed by atoms with Gasteiger partial charge in [-0.15, -0.1) is 0 Å². The van der Waals surface area contributed by atoms with Gasteiger partial charge >= 0.3 is 6.09 Å². The molecule has 0 aliphatic carbocycles. The van der Waals surface area contributed by atoms with Gasteiger partial charge in [-0.05, 0) is 64.0 Å². The number of likely N-dealkylation sites (tertiary alicyclic amines) is 1. The molecule has 0 radical (unpaired) electrons. The first-order valence-corrected chi connectivity index (χ1v) is 11.1. The lowest BCUT2D eigenvalue weighted by Gasteiger charge is -2.34. The average molecular weight is 419 g/mol. The maximum absolute atomic E-state index is 12.1. The molecule has 2 saturated heterocycles. The van der Waals surface area contributed by atoms with Gasteiger partial charge in [0.25, 0.3) is 0 Å². The third-order valence-electron chi connectivity index (χ3n) is 5.85. The molecule has 1 amide bonds. The van der Waals surface area contributed by atoms with Crippen molar-refractivity contribution in [2.24, 2.45) is 5.92 Å². The summed E-state index contributed by atoms with van der Waals surface area (Å²) in [5, 5.41) is 21.0. The number of carbonyl (C=O) groups is 1. The van der Waals surface area contributed by atoms with Crippen LogP contribution in [0.4, 0.5) is 4.79 Å². The third-order valence-corrected chi connectivity index (χ3v) is 5.85. The maximum atomic E-state index is 12.1.